The Bertz CT molecular complexity index is 580. The highest BCUT2D eigenvalue weighted by molar-refractivity contribution is 6.13. The second kappa shape index (κ2) is 5.35. The minimum atomic E-state index is -0.250. The Morgan fingerprint density at radius 3 is 1.58 bits per heavy atom. The molecular weight excluding hydrogens is 240 g/mol. The van der Waals surface area contributed by atoms with E-state index in [0.717, 1.165) is 0 Å². The number of carbonyl (C=O) groups is 2. The third kappa shape index (κ3) is 3.19. The van der Waals surface area contributed by atoms with Gasteiger partial charge < -0.3 is 11.5 Å². The molecule has 0 atom stereocenters. The van der Waals surface area contributed by atoms with Gasteiger partial charge in [-0.2, -0.15) is 0 Å². The Morgan fingerprint density at radius 1 is 0.789 bits per heavy atom. The van der Waals surface area contributed by atoms with Crippen molar-refractivity contribution in [3.05, 3.63) is 59.7 Å². The Hall–Kier alpha value is -2.62. The van der Waals surface area contributed by atoms with Gasteiger partial charge in [-0.1, -0.05) is 24.3 Å². The molecule has 4 nitrogen and oxygen atoms in total. The van der Waals surface area contributed by atoms with Crippen LogP contribution in [-0.2, 0) is 0 Å². The number of rotatable bonds is 4. The maximum absolute atomic E-state index is 12.0. The van der Waals surface area contributed by atoms with E-state index in [-0.39, 0.29) is 18.0 Å². The molecule has 4 heteroatoms. The zero-order valence-corrected chi connectivity index (χ0v) is 10.3. The summed E-state index contributed by atoms with van der Waals surface area (Å²) in [6.45, 7) is 0. The van der Waals surface area contributed by atoms with Gasteiger partial charge >= 0.3 is 0 Å². The molecule has 2 rings (SSSR count). The van der Waals surface area contributed by atoms with Gasteiger partial charge in [-0.15, -0.1) is 0 Å². The SMILES string of the molecule is Nc1cccc(C(=O)CC(=O)c2cccc(N)c2)c1. The Balaban J connectivity index is 2.13. The summed E-state index contributed by atoms with van der Waals surface area (Å²) in [5.41, 5.74) is 13.1. The molecule has 0 radical (unpaired) electrons. The van der Waals surface area contributed by atoms with Gasteiger partial charge in [0.25, 0.3) is 0 Å². The number of hydrogen-bond donors (Lipinski definition) is 2. The van der Waals surface area contributed by atoms with Crippen molar-refractivity contribution in [2.24, 2.45) is 0 Å². The molecule has 0 bridgehead atoms. The van der Waals surface area contributed by atoms with Gasteiger partial charge in [-0.25, -0.2) is 0 Å². The van der Waals surface area contributed by atoms with Crippen molar-refractivity contribution in [2.45, 2.75) is 6.42 Å². The van der Waals surface area contributed by atoms with Crippen LogP contribution in [0, 0.1) is 0 Å². The first kappa shape index (κ1) is 12.8. The van der Waals surface area contributed by atoms with Gasteiger partial charge in [0.2, 0.25) is 0 Å². The standard InChI is InChI=1S/C15H14N2O2/c16-12-5-1-3-10(7-12)14(18)9-15(19)11-4-2-6-13(17)8-11/h1-8H,9,16-17H2. The van der Waals surface area contributed by atoms with Gasteiger partial charge in [0.05, 0.1) is 6.42 Å². The summed E-state index contributed by atoms with van der Waals surface area (Å²) in [6.07, 6.45) is -0.188. The lowest BCUT2D eigenvalue weighted by Gasteiger charge is -2.03. The molecule has 0 amide bonds. The number of Topliss-reactive ketones (excluding diaryl/α,β-unsaturated/α-hetero) is 2. The van der Waals surface area contributed by atoms with Crippen LogP contribution in [0.5, 0.6) is 0 Å². The van der Waals surface area contributed by atoms with Crippen LogP contribution in [0.15, 0.2) is 48.5 Å². The molecule has 2 aromatic carbocycles. The quantitative estimate of drug-likeness (QED) is 0.498. The summed E-state index contributed by atoms with van der Waals surface area (Å²) in [7, 11) is 0. The number of hydrogen-bond acceptors (Lipinski definition) is 4. The lowest BCUT2D eigenvalue weighted by Crippen LogP contribution is -2.09. The van der Waals surface area contributed by atoms with Crippen molar-refractivity contribution in [2.75, 3.05) is 11.5 Å². The highest BCUT2D eigenvalue weighted by Crippen LogP contribution is 2.13. The lowest BCUT2D eigenvalue weighted by molar-refractivity contribution is 0.0894. The average molecular weight is 254 g/mol. The Kier molecular flexibility index (Phi) is 3.61. The number of nitrogens with two attached hydrogens (primary N) is 2. The topological polar surface area (TPSA) is 86.2 Å². The van der Waals surface area contributed by atoms with E-state index in [1.54, 1.807) is 48.5 Å². The van der Waals surface area contributed by atoms with E-state index in [0.29, 0.717) is 22.5 Å². The molecule has 0 heterocycles. The molecule has 0 spiro atoms. The van der Waals surface area contributed by atoms with Gasteiger partial charge in [-0.3, -0.25) is 9.59 Å². The van der Waals surface area contributed by atoms with Crippen molar-refractivity contribution in [3.63, 3.8) is 0 Å². The molecule has 19 heavy (non-hydrogen) atoms. The van der Waals surface area contributed by atoms with Crippen molar-refractivity contribution >= 4 is 22.9 Å². The second-order valence-corrected chi connectivity index (χ2v) is 4.27. The summed E-state index contributed by atoms with van der Waals surface area (Å²) in [5.74, 6) is -0.501. The van der Waals surface area contributed by atoms with Crippen LogP contribution < -0.4 is 11.5 Å². The molecule has 0 aliphatic heterocycles. The van der Waals surface area contributed by atoms with Crippen molar-refractivity contribution in [3.8, 4) is 0 Å². The summed E-state index contributed by atoms with van der Waals surface area (Å²) in [5, 5.41) is 0. The van der Waals surface area contributed by atoms with Crippen LogP contribution in [0.1, 0.15) is 27.1 Å². The maximum Gasteiger partial charge on any atom is 0.170 e. The minimum absolute atomic E-state index is 0.188. The van der Waals surface area contributed by atoms with Crippen LogP contribution in [0.4, 0.5) is 11.4 Å². The van der Waals surface area contributed by atoms with E-state index in [2.05, 4.69) is 0 Å². The van der Waals surface area contributed by atoms with Crippen LogP contribution in [0.2, 0.25) is 0 Å². The summed E-state index contributed by atoms with van der Waals surface area (Å²) >= 11 is 0. The lowest BCUT2D eigenvalue weighted by atomic mass is 10.0. The molecule has 96 valence electrons. The fraction of sp³-hybridized carbons (Fsp3) is 0.0667. The number of anilines is 2. The first-order valence-electron chi connectivity index (χ1n) is 5.84. The Labute approximate surface area is 111 Å². The third-order valence-electron chi connectivity index (χ3n) is 2.74. The molecule has 4 N–H and O–H groups in total. The van der Waals surface area contributed by atoms with Crippen molar-refractivity contribution in [1.29, 1.82) is 0 Å². The fourth-order valence-corrected chi connectivity index (χ4v) is 1.77. The summed E-state index contributed by atoms with van der Waals surface area (Å²) < 4.78 is 0. The Morgan fingerprint density at radius 2 is 1.21 bits per heavy atom. The molecule has 0 unspecified atom stereocenters. The second-order valence-electron chi connectivity index (χ2n) is 4.27. The summed E-state index contributed by atoms with van der Waals surface area (Å²) in [4.78, 5) is 23.9. The van der Waals surface area contributed by atoms with Gasteiger partial charge in [0, 0.05) is 22.5 Å². The van der Waals surface area contributed by atoms with E-state index in [9.17, 15) is 9.59 Å². The van der Waals surface area contributed by atoms with Gasteiger partial charge in [0.1, 0.15) is 0 Å². The minimum Gasteiger partial charge on any atom is -0.399 e. The van der Waals surface area contributed by atoms with E-state index in [1.165, 1.54) is 0 Å². The first-order chi connectivity index (χ1) is 9.06. The highest BCUT2D eigenvalue weighted by Gasteiger charge is 2.13. The molecule has 2 aromatic rings. The predicted molar refractivity (Wildman–Crippen MR) is 75.0 cm³/mol. The number of carbonyl (C=O) groups excluding carboxylic acids is 2. The van der Waals surface area contributed by atoms with Crippen molar-refractivity contribution < 1.29 is 9.59 Å². The molecule has 0 saturated carbocycles. The van der Waals surface area contributed by atoms with E-state index in [4.69, 9.17) is 11.5 Å². The normalized spacial score (nSPS) is 10.1. The maximum atomic E-state index is 12.0. The van der Waals surface area contributed by atoms with E-state index in [1.807, 2.05) is 0 Å². The monoisotopic (exact) mass is 254 g/mol. The fourth-order valence-electron chi connectivity index (χ4n) is 1.77. The van der Waals surface area contributed by atoms with Crippen LogP contribution in [0.3, 0.4) is 0 Å². The number of ketones is 2. The zero-order chi connectivity index (χ0) is 13.8. The van der Waals surface area contributed by atoms with Crippen LogP contribution in [0.25, 0.3) is 0 Å². The molecule has 0 aromatic heterocycles. The molecule has 0 aliphatic carbocycles. The molecular formula is C15H14N2O2. The third-order valence-corrected chi connectivity index (χ3v) is 2.74. The van der Waals surface area contributed by atoms with Crippen LogP contribution >= 0.6 is 0 Å². The van der Waals surface area contributed by atoms with E-state index >= 15 is 0 Å². The average Bonchev–Trinajstić information content (AvgIpc) is 2.38. The first-order valence-corrected chi connectivity index (χ1v) is 5.84. The van der Waals surface area contributed by atoms with Gasteiger partial charge in [0.15, 0.2) is 11.6 Å². The number of nitrogen functional groups attached to an aromatic ring is 2. The number of benzene rings is 2. The van der Waals surface area contributed by atoms with Crippen molar-refractivity contribution in [1.82, 2.24) is 0 Å². The molecule has 0 aliphatic rings. The highest BCUT2D eigenvalue weighted by atomic mass is 16.1. The molecule has 0 saturated heterocycles. The zero-order valence-electron chi connectivity index (χ0n) is 10.3. The van der Waals surface area contributed by atoms with E-state index < -0.39 is 0 Å². The molecule has 0 fully saturated rings. The predicted octanol–water partition coefficient (Wildman–Crippen LogP) is 2.31. The van der Waals surface area contributed by atoms with Gasteiger partial charge in [-0.05, 0) is 24.3 Å². The van der Waals surface area contributed by atoms with Crippen LogP contribution in [-0.4, -0.2) is 11.6 Å². The largest absolute Gasteiger partial charge is 0.399 e. The summed E-state index contributed by atoms with van der Waals surface area (Å²) in [6, 6.07) is 13.2. The smallest absolute Gasteiger partial charge is 0.170 e.